The lowest BCUT2D eigenvalue weighted by Crippen LogP contribution is -2.55. The normalized spacial score (nSPS) is 16.7. The van der Waals surface area contributed by atoms with Gasteiger partial charge in [0.05, 0.1) is 0 Å². The molecule has 1 aromatic carbocycles. The Morgan fingerprint density at radius 2 is 2.00 bits per heavy atom. The third-order valence-electron chi connectivity index (χ3n) is 3.83. The molecule has 0 aliphatic heterocycles. The van der Waals surface area contributed by atoms with Gasteiger partial charge in [0.15, 0.2) is 0 Å². The number of amides is 2. The topological polar surface area (TPSA) is 81.7 Å². The van der Waals surface area contributed by atoms with Crippen molar-refractivity contribution in [3.05, 3.63) is 24.3 Å². The number of benzene rings is 1. The molecule has 2 amide bonds. The number of hydrogen-bond donors (Lipinski definition) is 3. The monoisotopic (exact) mass is 291 g/mol. The van der Waals surface area contributed by atoms with Crippen molar-refractivity contribution in [2.45, 2.75) is 25.3 Å². The van der Waals surface area contributed by atoms with Crippen molar-refractivity contribution < 1.29 is 14.7 Å². The molecule has 21 heavy (non-hydrogen) atoms. The Balaban J connectivity index is 2.04. The predicted molar refractivity (Wildman–Crippen MR) is 81.7 cm³/mol. The van der Waals surface area contributed by atoms with Crippen LogP contribution in [0.4, 0.5) is 16.2 Å². The first kappa shape index (κ1) is 15.2. The van der Waals surface area contributed by atoms with E-state index in [2.05, 4.69) is 10.6 Å². The maximum atomic E-state index is 12.0. The summed E-state index contributed by atoms with van der Waals surface area (Å²) in [7, 11) is 3.82. The lowest BCUT2D eigenvalue weighted by atomic mass is 9.96. The number of carboxylic acid groups (broad SMARTS) is 1. The van der Waals surface area contributed by atoms with Crippen LogP contribution in [0.2, 0.25) is 0 Å². The zero-order chi connectivity index (χ0) is 15.6. The summed E-state index contributed by atoms with van der Waals surface area (Å²) in [6.45, 7) is 1.56. The highest BCUT2D eigenvalue weighted by molar-refractivity contribution is 5.94. The molecule has 114 valence electrons. The van der Waals surface area contributed by atoms with Gasteiger partial charge in [-0.25, -0.2) is 9.59 Å². The number of nitrogens with zero attached hydrogens (tertiary/aromatic N) is 1. The van der Waals surface area contributed by atoms with Crippen molar-refractivity contribution in [3.63, 3.8) is 0 Å². The summed E-state index contributed by atoms with van der Waals surface area (Å²) in [5.41, 5.74) is 0.377. The Morgan fingerprint density at radius 1 is 1.33 bits per heavy atom. The van der Waals surface area contributed by atoms with Gasteiger partial charge in [0, 0.05) is 25.5 Å². The van der Waals surface area contributed by atoms with Gasteiger partial charge in [0.1, 0.15) is 5.54 Å². The van der Waals surface area contributed by atoms with E-state index in [0.717, 1.165) is 18.5 Å². The van der Waals surface area contributed by atoms with Gasteiger partial charge in [0.2, 0.25) is 0 Å². The van der Waals surface area contributed by atoms with Crippen LogP contribution < -0.4 is 15.5 Å². The summed E-state index contributed by atoms with van der Waals surface area (Å²) in [6, 6.07) is 6.86. The van der Waals surface area contributed by atoms with Crippen molar-refractivity contribution >= 4 is 23.4 Å². The van der Waals surface area contributed by atoms with Crippen LogP contribution in [0.1, 0.15) is 19.8 Å². The van der Waals surface area contributed by atoms with Crippen molar-refractivity contribution in [2.24, 2.45) is 5.92 Å². The van der Waals surface area contributed by atoms with E-state index in [0.29, 0.717) is 5.69 Å². The Kier molecular flexibility index (Phi) is 4.06. The third-order valence-corrected chi connectivity index (χ3v) is 3.83. The van der Waals surface area contributed by atoms with E-state index in [9.17, 15) is 14.7 Å². The van der Waals surface area contributed by atoms with Gasteiger partial charge in [-0.2, -0.15) is 0 Å². The number of aliphatic carboxylic acids is 1. The molecule has 6 heteroatoms. The second kappa shape index (κ2) is 5.63. The molecule has 1 aromatic rings. The summed E-state index contributed by atoms with van der Waals surface area (Å²) in [5, 5.41) is 14.6. The number of nitrogens with one attached hydrogen (secondary N) is 2. The van der Waals surface area contributed by atoms with Gasteiger partial charge < -0.3 is 20.6 Å². The molecular formula is C15H21N3O3. The molecule has 0 aromatic heterocycles. The Bertz CT molecular complexity index is 555. The largest absolute Gasteiger partial charge is 0.480 e. The van der Waals surface area contributed by atoms with Gasteiger partial charge in [-0.1, -0.05) is 6.07 Å². The lowest BCUT2D eigenvalue weighted by molar-refractivity contribution is -0.144. The smallest absolute Gasteiger partial charge is 0.329 e. The van der Waals surface area contributed by atoms with Gasteiger partial charge in [0.25, 0.3) is 0 Å². The molecule has 0 bridgehead atoms. The Morgan fingerprint density at radius 3 is 2.52 bits per heavy atom. The van der Waals surface area contributed by atoms with Gasteiger partial charge in [-0.05, 0) is 43.9 Å². The highest BCUT2D eigenvalue weighted by Gasteiger charge is 2.48. The van der Waals surface area contributed by atoms with E-state index in [4.69, 9.17) is 0 Å². The number of carbonyl (C=O) groups is 2. The van der Waals surface area contributed by atoms with Crippen LogP contribution in [0.3, 0.4) is 0 Å². The van der Waals surface area contributed by atoms with Crippen LogP contribution in [-0.2, 0) is 4.79 Å². The maximum Gasteiger partial charge on any atom is 0.329 e. The van der Waals surface area contributed by atoms with Crippen LogP contribution in [-0.4, -0.2) is 36.7 Å². The minimum absolute atomic E-state index is 0.00820. The summed E-state index contributed by atoms with van der Waals surface area (Å²) in [6.07, 6.45) is 1.67. The second-order valence-electron chi connectivity index (χ2n) is 5.81. The SMILES string of the molecule is CN(C)c1cccc(NC(=O)NC(C)(C(=O)O)C2CC2)c1. The highest BCUT2D eigenvalue weighted by Crippen LogP contribution is 2.39. The molecule has 1 atom stereocenters. The molecule has 1 aliphatic carbocycles. The van der Waals surface area contributed by atoms with E-state index in [1.54, 1.807) is 13.0 Å². The standard InChI is InChI=1S/C15H21N3O3/c1-15(13(19)20,10-7-8-10)17-14(21)16-11-5-4-6-12(9-11)18(2)3/h4-6,9-10H,7-8H2,1-3H3,(H,19,20)(H2,16,17,21). The van der Waals surface area contributed by atoms with Crippen molar-refractivity contribution in [1.29, 1.82) is 0 Å². The fraction of sp³-hybridized carbons (Fsp3) is 0.467. The van der Waals surface area contributed by atoms with Crippen LogP contribution in [0.5, 0.6) is 0 Å². The quantitative estimate of drug-likeness (QED) is 0.776. The van der Waals surface area contributed by atoms with E-state index >= 15 is 0 Å². The number of carbonyl (C=O) groups excluding carboxylic acids is 1. The molecule has 0 heterocycles. The van der Waals surface area contributed by atoms with E-state index in [1.165, 1.54) is 0 Å². The summed E-state index contributed by atoms with van der Waals surface area (Å²) < 4.78 is 0. The molecule has 2 rings (SSSR count). The molecule has 1 fully saturated rings. The molecule has 6 nitrogen and oxygen atoms in total. The van der Waals surface area contributed by atoms with Gasteiger partial charge in [-0.3, -0.25) is 0 Å². The average molecular weight is 291 g/mol. The van der Waals surface area contributed by atoms with Crippen LogP contribution >= 0.6 is 0 Å². The highest BCUT2D eigenvalue weighted by atomic mass is 16.4. The summed E-state index contributed by atoms with van der Waals surface area (Å²) in [4.78, 5) is 25.4. The first-order valence-corrected chi connectivity index (χ1v) is 6.93. The Hall–Kier alpha value is -2.24. The number of rotatable bonds is 5. The van der Waals surface area contributed by atoms with Gasteiger partial charge >= 0.3 is 12.0 Å². The summed E-state index contributed by atoms with van der Waals surface area (Å²) in [5.74, 6) is -0.990. The lowest BCUT2D eigenvalue weighted by Gasteiger charge is -2.26. The Labute approximate surface area is 124 Å². The first-order valence-electron chi connectivity index (χ1n) is 6.93. The molecule has 0 spiro atoms. The minimum atomic E-state index is -1.21. The molecule has 3 N–H and O–H groups in total. The zero-order valence-corrected chi connectivity index (χ0v) is 12.5. The van der Waals surface area contributed by atoms with Crippen molar-refractivity contribution in [2.75, 3.05) is 24.3 Å². The number of urea groups is 1. The minimum Gasteiger partial charge on any atom is -0.480 e. The number of carboxylic acids is 1. The summed E-state index contributed by atoms with van der Waals surface area (Å²) >= 11 is 0. The van der Waals surface area contributed by atoms with Crippen molar-refractivity contribution in [3.8, 4) is 0 Å². The van der Waals surface area contributed by atoms with E-state index < -0.39 is 17.5 Å². The maximum absolute atomic E-state index is 12.0. The zero-order valence-electron chi connectivity index (χ0n) is 12.5. The van der Waals surface area contributed by atoms with Crippen molar-refractivity contribution in [1.82, 2.24) is 5.32 Å². The average Bonchev–Trinajstić information content (AvgIpc) is 3.22. The van der Waals surface area contributed by atoms with Gasteiger partial charge in [-0.15, -0.1) is 0 Å². The first-order chi connectivity index (χ1) is 9.83. The fourth-order valence-corrected chi connectivity index (χ4v) is 2.25. The third kappa shape index (κ3) is 3.45. The second-order valence-corrected chi connectivity index (χ2v) is 5.81. The predicted octanol–water partition coefficient (Wildman–Crippen LogP) is 2.13. The molecule has 1 aliphatic rings. The van der Waals surface area contributed by atoms with Crippen LogP contribution in [0.25, 0.3) is 0 Å². The van der Waals surface area contributed by atoms with E-state index in [-0.39, 0.29) is 5.92 Å². The fourth-order valence-electron chi connectivity index (χ4n) is 2.25. The van der Waals surface area contributed by atoms with Crippen LogP contribution in [0, 0.1) is 5.92 Å². The number of anilines is 2. The van der Waals surface area contributed by atoms with Crippen LogP contribution in [0.15, 0.2) is 24.3 Å². The molecular weight excluding hydrogens is 270 g/mol. The molecule has 0 saturated heterocycles. The number of hydrogen-bond acceptors (Lipinski definition) is 3. The molecule has 0 radical (unpaired) electrons. The molecule has 1 saturated carbocycles. The van der Waals surface area contributed by atoms with E-state index in [1.807, 2.05) is 37.2 Å². The molecule has 1 unspecified atom stereocenters.